The Balaban J connectivity index is 2.12. The average molecular weight is 259 g/mol. The number of aromatic nitrogens is 4. The quantitative estimate of drug-likeness (QED) is 0.818. The first kappa shape index (κ1) is 12.9. The highest BCUT2D eigenvalue weighted by atomic mass is 16.5. The predicted octanol–water partition coefficient (Wildman–Crippen LogP) is 0.974. The van der Waals surface area contributed by atoms with E-state index in [9.17, 15) is 4.79 Å². The van der Waals surface area contributed by atoms with Crippen molar-refractivity contribution in [3.05, 3.63) is 41.6 Å². The van der Waals surface area contributed by atoms with Gasteiger partial charge in [-0.05, 0) is 19.1 Å². The zero-order valence-corrected chi connectivity index (χ0v) is 10.6. The Morgan fingerprint density at radius 2 is 2.26 bits per heavy atom. The van der Waals surface area contributed by atoms with Crippen LogP contribution in [-0.4, -0.2) is 33.2 Å². The van der Waals surface area contributed by atoms with Crippen LogP contribution in [0.5, 0.6) is 0 Å². The molecule has 7 heteroatoms. The first-order valence-electron chi connectivity index (χ1n) is 5.63. The summed E-state index contributed by atoms with van der Waals surface area (Å²) in [5, 5.41) is 10.8. The lowest BCUT2D eigenvalue weighted by molar-refractivity contribution is 0.0586. The molecule has 2 aromatic rings. The second-order valence-electron chi connectivity index (χ2n) is 3.78. The molecule has 0 aliphatic rings. The zero-order chi connectivity index (χ0) is 13.7. The van der Waals surface area contributed by atoms with Crippen LogP contribution in [0.25, 0.3) is 0 Å². The molecule has 0 aliphatic heterocycles. The number of hydrogen-bond donors (Lipinski definition) is 1. The van der Waals surface area contributed by atoms with Gasteiger partial charge in [0.15, 0.2) is 0 Å². The molecule has 0 fully saturated rings. The molecule has 0 saturated heterocycles. The first-order valence-corrected chi connectivity index (χ1v) is 5.63. The molecule has 2 heterocycles. The number of methoxy groups -OCH3 is 1. The molecule has 7 nitrogen and oxygen atoms in total. The number of aryl methyl sites for hydroxylation is 1. The number of hydrogen-bond acceptors (Lipinski definition) is 7. The minimum atomic E-state index is -0.564. The second kappa shape index (κ2) is 5.85. The lowest BCUT2D eigenvalue weighted by atomic mass is 10.3. The van der Waals surface area contributed by atoms with E-state index in [-0.39, 0.29) is 5.82 Å². The molecule has 0 unspecified atom stereocenters. The van der Waals surface area contributed by atoms with Gasteiger partial charge in [-0.2, -0.15) is 10.2 Å². The van der Waals surface area contributed by atoms with Crippen molar-refractivity contribution in [1.29, 1.82) is 0 Å². The summed E-state index contributed by atoms with van der Waals surface area (Å²) >= 11 is 0. The van der Waals surface area contributed by atoms with Gasteiger partial charge in [0, 0.05) is 18.0 Å². The number of anilines is 1. The maximum atomic E-state index is 11.4. The number of nitrogens with zero attached hydrogens (tertiary/aromatic N) is 4. The van der Waals surface area contributed by atoms with Crippen molar-refractivity contribution in [1.82, 2.24) is 20.2 Å². The van der Waals surface area contributed by atoms with Gasteiger partial charge in [0.05, 0.1) is 19.3 Å². The van der Waals surface area contributed by atoms with Crippen LogP contribution in [0.4, 0.5) is 5.82 Å². The molecular formula is C12H13N5O2. The number of carbonyl (C=O) groups excluding carboxylic acids is 1. The van der Waals surface area contributed by atoms with Crippen LogP contribution in [0, 0.1) is 6.92 Å². The summed E-state index contributed by atoms with van der Waals surface area (Å²) in [6.45, 7) is 2.24. The largest absolute Gasteiger partial charge is 0.463 e. The fourth-order valence-electron chi connectivity index (χ4n) is 1.45. The Labute approximate surface area is 110 Å². The summed E-state index contributed by atoms with van der Waals surface area (Å²) < 4.78 is 4.59. The zero-order valence-electron chi connectivity index (χ0n) is 10.6. The van der Waals surface area contributed by atoms with E-state index in [1.54, 1.807) is 25.3 Å². The molecule has 1 N–H and O–H groups in total. The Bertz CT molecular complexity index is 574. The molecule has 0 saturated carbocycles. The van der Waals surface area contributed by atoms with Crippen LogP contribution in [0.3, 0.4) is 0 Å². The van der Waals surface area contributed by atoms with Crippen LogP contribution in [0.1, 0.15) is 22.0 Å². The standard InChI is InChI=1S/C12H13N5O2/c1-8-6-10(16-11(15-8)12(18)19-2)13-7-9-4-3-5-14-17-9/h3-6H,7H2,1-2H3,(H,13,15,16). The molecule has 98 valence electrons. The number of carbonyl (C=O) groups is 1. The maximum absolute atomic E-state index is 11.4. The molecule has 0 aromatic carbocycles. The number of ether oxygens (including phenoxy) is 1. The predicted molar refractivity (Wildman–Crippen MR) is 67.5 cm³/mol. The number of rotatable bonds is 4. The second-order valence-corrected chi connectivity index (χ2v) is 3.78. The van der Waals surface area contributed by atoms with Crippen LogP contribution < -0.4 is 5.32 Å². The van der Waals surface area contributed by atoms with Crippen molar-refractivity contribution in [3.63, 3.8) is 0 Å². The van der Waals surface area contributed by atoms with Crippen LogP contribution in [-0.2, 0) is 11.3 Å². The van der Waals surface area contributed by atoms with Crippen molar-refractivity contribution in [2.24, 2.45) is 0 Å². The summed E-state index contributed by atoms with van der Waals surface area (Å²) in [6, 6.07) is 5.38. The normalized spacial score (nSPS) is 10.0. The molecule has 2 aromatic heterocycles. The molecule has 0 amide bonds. The van der Waals surface area contributed by atoms with Crippen LogP contribution in [0.2, 0.25) is 0 Å². The Morgan fingerprint density at radius 3 is 2.95 bits per heavy atom. The van der Waals surface area contributed by atoms with Crippen LogP contribution in [0.15, 0.2) is 24.4 Å². The van der Waals surface area contributed by atoms with E-state index in [4.69, 9.17) is 0 Å². The van der Waals surface area contributed by atoms with Gasteiger partial charge in [-0.1, -0.05) is 0 Å². The van der Waals surface area contributed by atoms with E-state index in [1.165, 1.54) is 7.11 Å². The third-order valence-corrected chi connectivity index (χ3v) is 2.30. The highest BCUT2D eigenvalue weighted by Crippen LogP contribution is 2.08. The fraction of sp³-hybridized carbons (Fsp3) is 0.250. The molecular weight excluding hydrogens is 246 g/mol. The Morgan fingerprint density at radius 1 is 1.42 bits per heavy atom. The summed E-state index contributed by atoms with van der Waals surface area (Å²) in [6.07, 6.45) is 1.60. The molecule has 0 bridgehead atoms. The Kier molecular flexibility index (Phi) is 3.97. The average Bonchev–Trinajstić information content (AvgIpc) is 2.45. The molecule has 19 heavy (non-hydrogen) atoms. The molecule has 0 radical (unpaired) electrons. The fourth-order valence-corrected chi connectivity index (χ4v) is 1.45. The smallest absolute Gasteiger partial charge is 0.376 e. The lowest BCUT2D eigenvalue weighted by Gasteiger charge is -2.07. The molecule has 2 rings (SSSR count). The monoisotopic (exact) mass is 259 g/mol. The van der Waals surface area contributed by atoms with Crippen molar-refractivity contribution in [3.8, 4) is 0 Å². The van der Waals surface area contributed by atoms with Crippen molar-refractivity contribution >= 4 is 11.8 Å². The van der Waals surface area contributed by atoms with Gasteiger partial charge in [-0.25, -0.2) is 14.8 Å². The SMILES string of the molecule is COC(=O)c1nc(C)cc(NCc2cccnn2)n1. The van der Waals surface area contributed by atoms with E-state index in [1.807, 2.05) is 6.07 Å². The number of esters is 1. The van der Waals surface area contributed by atoms with Gasteiger partial charge < -0.3 is 10.1 Å². The molecule has 0 aliphatic carbocycles. The summed E-state index contributed by atoms with van der Waals surface area (Å²) in [4.78, 5) is 19.5. The summed E-state index contributed by atoms with van der Waals surface area (Å²) in [5.41, 5.74) is 1.45. The highest BCUT2D eigenvalue weighted by molar-refractivity contribution is 5.85. The van der Waals surface area contributed by atoms with Gasteiger partial charge in [-0.3, -0.25) is 0 Å². The topological polar surface area (TPSA) is 89.9 Å². The summed E-state index contributed by atoms with van der Waals surface area (Å²) in [7, 11) is 1.29. The first-order chi connectivity index (χ1) is 9.19. The van der Waals surface area contributed by atoms with Crippen molar-refractivity contribution in [2.75, 3.05) is 12.4 Å². The number of nitrogens with one attached hydrogen (secondary N) is 1. The molecule has 0 atom stereocenters. The minimum Gasteiger partial charge on any atom is -0.463 e. The van der Waals surface area contributed by atoms with Gasteiger partial charge in [0.1, 0.15) is 5.82 Å². The maximum Gasteiger partial charge on any atom is 0.376 e. The third-order valence-electron chi connectivity index (χ3n) is 2.30. The van der Waals surface area contributed by atoms with E-state index in [0.29, 0.717) is 18.1 Å². The van der Waals surface area contributed by atoms with Gasteiger partial charge in [-0.15, -0.1) is 0 Å². The molecule has 0 spiro atoms. The Hall–Kier alpha value is -2.57. The summed E-state index contributed by atoms with van der Waals surface area (Å²) in [5.74, 6) is 0.00829. The van der Waals surface area contributed by atoms with E-state index in [0.717, 1.165) is 5.69 Å². The minimum absolute atomic E-state index is 0.0316. The van der Waals surface area contributed by atoms with Crippen LogP contribution >= 0.6 is 0 Å². The van der Waals surface area contributed by atoms with Crippen molar-refractivity contribution < 1.29 is 9.53 Å². The van der Waals surface area contributed by atoms with E-state index in [2.05, 4.69) is 30.2 Å². The highest BCUT2D eigenvalue weighted by Gasteiger charge is 2.11. The van der Waals surface area contributed by atoms with Gasteiger partial charge in [0.25, 0.3) is 0 Å². The van der Waals surface area contributed by atoms with Crippen molar-refractivity contribution in [2.45, 2.75) is 13.5 Å². The lowest BCUT2D eigenvalue weighted by Crippen LogP contribution is -2.11. The van der Waals surface area contributed by atoms with Gasteiger partial charge >= 0.3 is 5.97 Å². The van der Waals surface area contributed by atoms with E-state index < -0.39 is 5.97 Å². The van der Waals surface area contributed by atoms with Gasteiger partial charge in [0.2, 0.25) is 5.82 Å². The third kappa shape index (κ3) is 3.44. The van der Waals surface area contributed by atoms with E-state index >= 15 is 0 Å².